The van der Waals surface area contributed by atoms with Crippen LogP contribution in [-0.4, -0.2) is 31.4 Å². The molecule has 2 N–H and O–H groups in total. The van der Waals surface area contributed by atoms with E-state index in [2.05, 4.69) is 11.8 Å². The number of piperidine rings is 1. The third kappa shape index (κ3) is 3.29. The summed E-state index contributed by atoms with van der Waals surface area (Å²) >= 11 is 6.45. The number of primary amides is 1. The Balaban J connectivity index is 1.77. The minimum absolute atomic E-state index is 0.0792. The Labute approximate surface area is 141 Å². The molecule has 2 heterocycles. The van der Waals surface area contributed by atoms with Crippen molar-refractivity contribution in [2.75, 3.05) is 29.4 Å². The topological polar surface area (TPSA) is 66.6 Å². The molecule has 23 heavy (non-hydrogen) atoms. The lowest BCUT2D eigenvalue weighted by Gasteiger charge is -2.33. The maximum absolute atomic E-state index is 12.1. The fraction of sp³-hybridized carbons (Fsp3) is 0.529. The van der Waals surface area contributed by atoms with Crippen molar-refractivity contribution in [1.82, 2.24) is 0 Å². The largest absolute Gasteiger partial charge is 0.370 e. The molecular formula is C17H22ClN3O2. The van der Waals surface area contributed by atoms with Gasteiger partial charge in [-0.3, -0.25) is 9.59 Å². The van der Waals surface area contributed by atoms with Crippen LogP contribution < -0.4 is 15.5 Å². The Morgan fingerprint density at radius 2 is 2.00 bits per heavy atom. The average Bonchev–Trinajstić information content (AvgIpc) is 2.90. The molecule has 0 spiro atoms. The van der Waals surface area contributed by atoms with Gasteiger partial charge in [0.15, 0.2) is 0 Å². The molecule has 124 valence electrons. The van der Waals surface area contributed by atoms with Gasteiger partial charge >= 0.3 is 0 Å². The molecule has 3 rings (SSSR count). The van der Waals surface area contributed by atoms with Crippen LogP contribution in [0.4, 0.5) is 11.4 Å². The smallest absolute Gasteiger partial charge is 0.227 e. The fourth-order valence-corrected chi connectivity index (χ4v) is 3.61. The van der Waals surface area contributed by atoms with E-state index >= 15 is 0 Å². The first-order valence-electron chi connectivity index (χ1n) is 8.10. The lowest BCUT2D eigenvalue weighted by atomic mass is 9.99. The van der Waals surface area contributed by atoms with Crippen LogP contribution in [0.25, 0.3) is 0 Å². The van der Waals surface area contributed by atoms with Crippen LogP contribution in [0.15, 0.2) is 18.2 Å². The van der Waals surface area contributed by atoms with Gasteiger partial charge in [0, 0.05) is 31.7 Å². The summed E-state index contributed by atoms with van der Waals surface area (Å²) in [6.45, 7) is 4.63. The van der Waals surface area contributed by atoms with Crippen molar-refractivity contribution in [2.45, 2.75) is 26.2 Å². The van der Waals surface area contributed by atoms with Crippen LogP contribution >= 0.6 is 11.6 Å². The standard InChI is InChI=1S/C17H22ClN3O2/c1-11-4-6-20(7-5-11)15-3-2-13(9-14(15)18)21-10-12(17(19)23)8-16(21)22/h2-3,9,11-12H,4-8,10H2,1H3,(H2,19,23)/t12-/m1/s1. The third-order valence-corrected chi connectivity index (χ3v) is 5.20. The normalized spacial score (nSPS) is 22.7. The molecule has 2 fully saturated rings. The highest BCUT2D eigenvalue weighted by molar-refractivity contribution is 6.33. The van der Waals surface area contributed by atoms with Crippen LogP contribution in [-0.2, 0) is 9.59 Å². The fourth-order valence-electron chi connectivity index (χ4n) is 3.32. The molecule has 1 aromatic carbocycles. The molecule has 2 saturated heterocycles. The van der Waals surface area contributed by atoms with Crippen molar-refractivity contribution in [3.8, 4) is 0 Å². The summed E-state index contributed by atoms with van der Waals surface area (Å²) in [5, 5.41) is 0.646. The molecule has 2 amide bonds. The highest BCUT2D eigenvalue weighted by Gasteiger charge is 2.34. The number of halogens is 1. The third-order valence-electron chi connectivity index (χ3n) is 4.89. The van der Waals surface area contributed by atoms with E-state index in [4.69, 9.17) is 17.3 Å². The molecule has 0 aliphatic carbocycles. The highest BCUT2D eigenvalue weighted by Crippen LogP contribution is 2.34. The highest BCUT2D eigenvalue weighted by atomic mass is 35.5. The Kier molecular flexibility index (Phi) is 4.48. The lowest BCUT2D eigenvalue weighted by molar-refractivity contribution is -0.123. The zero-order valence-electron chi connectivity index (χ0n) is 13.3. The van der Waals surface area contributed by atoms with E-state index in [9.17, 15) is 9.59 Å². The van der Waals surface area contributed by atoms with Crippen molar-refractivity contribution in [2.24, 2.45) is 17.6 Å². The molecule has 0 unspecified atom stereocenters. The van der Waals surface area contributed by atoms with Crippen molar-refractivity contribution in [3.63, 3.8) is 0 Å². The Bertz CT molecular complexity index is 626. The second-order valence-corrected chi connectivity index (χ2v) is 7.02. The molecule has 1 atom stereocenters. The van der Waals surface area contributed by atoms with Crippen molar-refractivity contribution in [3.05, 3.63) is 23.2 Å². The average molecular weight is 336 g/mol. The maximum atomic E-state index is 12.1. The molecule has 5 nitrogen and oxygen atoms in total. The van der Waals surface area contributed by atoms with Crippen molar-refractivity contribution >= 4 is 34.8 Å². The summed E-state index contributed by atoms with van der Waals surface area (Å²) in [4.78, 5) is 27.3. The molecule has 1 aromatic rings. The van der Waals surface area contributed by atoms with Gasteiger partial charge < -0.3 is 15.5 Å². The van der Waals surface area contributed by atoms with E-state index in [1.807, 2.05) is 18.2 Å². The molecular weight excluding hydrogens is 314 g/mol. The Morgan fingerprint density at radius 1 is 1.30 bits per heavy atom. The van der Waals surface area contributed by atoms with Gasteiger partial charge in [-0.2, -0.15) is 0 Å². The monoisotopic (exact) mass is 335 g/mol. The SMILES string of the molecule is CC1CCN(c2ccc(N3C[C@H](C(N)=O)CC3=O)cc2Cl)CC1. The summed E-state index contributed by atoms with van der Waals surface area (Å²) in [7, 11) is 0. The quantitative estimate of drug-likeness (QED) is 0.922. The number of amides is 2. The first kappa shape index (κ1) is 16.1. The number of hydrogen-bond acceptors (Lipinski definition) is 3. The van der Waals surface area contributed by atoms with Gasteiger partial charge in [-0.1, -0.05) is 18.5 Å². The van der Waals surface area contributed by atoms with Gasteiger partial charge in [0.05, 0.1) is 16.6 Å². The summed E-state index contributed by atoms with van der Waals surface area (Å²) in [6.07, 6.45) is 2.52. The van der Waals surface area contributed by atoms with Gasteiger partial charge in [-0.05, 0) is 37.0 Å². The number of nitrogens with zero attached hydrogens (tertiary/aromatic N) is 2. The van der Waals surface area contributed by atoms with E-state index < -0.39 is 11.8 Å². The van der Waals surface area contributed by atoms with Crippen molar-refractivity contribution < 1.29 is 9.59 Å². The van der Waals surface area contributed by atoms with E-state index in [0.717, 1.165) is 30.4 Å². The van der Waals surface area contributed by atoms with E-state index in [1.54, 1.807) is 4.90 Å². The summed E-state index contributed by atoms with van der Waals surface area (Å²) in [6, 6.07) is 5.69. The van der Waals surface area contributed by atoms with Gasteiger partial charge in [0.25, 0.3) is 0 Å². The number of anilines is 2. The minimum atomic E-state index is -0.425. The van der Waals surface area contributed by atoms with Gasteiger partial charge in [0.1, 0.15) is 0 Å². The molecule has 2 aliphatic heterocycles. The Morgan fingerprint density at radius 3 is 2.57 bits per heavy atom. The number of carbonyl (C=O) groups excluding carboxylic acids is 2. The lowest BCUT2D eigenvalue weighted by Crippen LogP contribution is -2.33. The van der Waals surface area contributed by atoms with Gasteiger partial charge in [0.2, 0.25) is 11.8 Å². The molecule has 2 aliphatic rings. The van der Waals surface area contributed by atoms with Gasteiger partial charge in [-0.25, -0.2) is 0 Å². The first-order valence-corrected chi connectivity index (χ1v) is 8.47. The second-order valence-electron chi connectivity index (χ2n) is 6.61. The first-order chi connectivity index (χ1) is 11.0. The van der Waals surface area contributed by atoms with Crippen LogP contribution in [0.2, 0.25) is 5.02 Å². The van der Waals surface area contributed by atoms with Crippen LogP contribution in [0, 0.1) is 11.8 Å². The minimum Gasteiger partial charge on any atom is -0.370 e. The zero-order valence-corrected chi connectivity index (χ0v) is 14.1. The summed E-state index contributed by atoms with van der Waals surface area (Å²) < 4.78 is 0. The molecule has 6 heteroatoms. The van der Waals surface area contributed by atoms with E-state index in [1.165, 1.54) is 12.8 Å². The number of rotatable bonds is 3. The van der Waals surface area contributed by atoms with Crippen LogP contribution in [0.5, 0.6) is 0 Å². The number of hydrogen-bond donors (Lipinski definition) is 1. The summed E-state index contributed by atoms with van der Waals surface area (Å²) in [5.41, 5.74) is 7.06. The molecule has 0 bridgehead atoms. The molecule has 0 saturated carbocycles. The van der Waals surface area contributed by atoms with Crippen LogP contribution in [0.3, 0.4) is 0 Å². The predicted molar refractivity (Wildman–Crippen MR) is 91.7 cm³/mol. The Hall–Kier alpha value is -1.75. The second kappa shape index (κ2) is 6.40. The maximum Gasteiger partial charge on any atom is 0.227 e. The molecule has 0 radical (unpaired) electrons. The number of nitrogens with two attached hydrogens (primary N) is 1. The predicted octanol–water partition coefficient (Wildman–Crippen LogP) is 2.41. The zero-order chi connectivity index (χ0) is 16.6. The van der Waals surface area contributed by atoms with E-state index in [-0.39, 0.29) is 12.3 Å². The number of benzene rings is 1. The van der Waals surface area contributed by atoms with E-state index in [0.29, 0.717) is 11.6 Å². The van der Waals surface area contributed by atoms with Crippen molar-refractivity contribution in [1.29, 1.82) is 0 Å². The van der Waals surface area contributed by atoms with Gasteiger partial charge in [-0.15, -0.1) is 0 Å². The summed E-state index contributed by atoms with van der Waals surface area (Å²) in [5.74, 6) is -0.155. The molecule has 0 aromatic heterocycles. The van der Waals surface area contributed by atoms with Crippen LogP contribution in [0.1, 0.15) is 26.2 Å². The number of carbonyl (C=O) groups is 2.